The molecule has 1 rings (SSSR count). The van der Waals surface area contributed by atoms with E-state index in [4.69, 9.17) is 0 Å². The van der Waals surface area contributed by atoms with Crippen LogP contribution in [0.15, 0.2) is 30.3 Å². The van der Waals surface area contributed by atoms with Crippen molar-refractivity contribution in [1.82, 2.24) is 0 Å². The average Bonchev–Trinajstić information content (AvgIpc) is 2.16. The van der Waals surface area contributed by atoms with E-state index < -0.39 is 7.94 Å². The highest BCUT2D eigenvalue weighted by atomic mass is 28.3. The van der Waals surface area contributed by atoms with E-state index in [1.165, 1.54) is 24.3 Å². The van der Waals surface area contributed by atoms with Gasteiger partial charge in [-0.2, -0.15) is 0 Å². The smallest absolute Gasteiger partial charge is 0.144 e. The monoisotopic (exact) mass is 239 g/mol. The summed E-state index contributed by atoms with van der Waals surface area (Å²) in [6.45, 7) is 9.70. The molecule has 0 bridgehead atoms. The summed E-state index contributed by atoms with van der Waals surface area (Å²) in [5.74, 6) is 0. The Balaban J connectivity index is 0. The van der Waals surface area contributed by atoms with Crippen molar-refractivity contribution in [3.8, 4) is 0 Å². The number of hydrogen-bond acceptors (Lipinski definition) is 0. The lowest BCUT2D eigenvalue weighted by Gasteiger charge is -2.21. The fourth-order valence-electron chi connectivity index (χ4n) is 1.71. The Morgan fingerprint density at radius 2 is 1.62 bits per heavy atom. The summed E-state index contributed by atoms with van der Waals surface area (Å²) in [5.41, 5.74) is 1.40. The maximum atomic E-state index is 2.52. The number of benzene rings is 1. The molecule has 0 spiro atoms. The van der Waals surface area contributed by atoms with Crippen molar-refractivity contribution in [2.75, 3.05) is 0 Å². The molecule has 2 nitrogen and oxygen atoms in total. The first-order valence-electron chi connectivity index (χ1n) is 5.55. The molecule has 4 heteroatoms. The van der Waals surface area contributed by atoms with Gasteiger partial charge in [-0.25, -0.2) is 0 Å². The Morgan fingerprint density at radius 1 is 1.06 bits per heavy atom. The van der Waals surface area contributed by atoms with Crippen molar-refractivity contribution in [3.05, 3.63) is 30.3 Å². The lowest BCUT2D eigenvalue weighted by atomic mass is 9.94. The van der Waals surface area contributed by atoms with E-state index in [0.29, 0.717) is 0 Å². The van der Waals surface area contributed by atoms with Gasteiger partial charge in [0.15, 0.2) is 0 Å². The Kier molecular flexibility index (Phi) is 9.53. The molecule has 0 atom stereocenters. The summed E-state index contributed by atoms with van der Waals surface area (Å²) >= 11 is 0. The summed E-state index contributed by atoms with van der Waals surface area (Å²) in [4.78, 5) is 0. The van der Waals surface area contributed by atoms with E-state index in [2.05, 4.69) is 57.2 Å². The van der Waals surface area contributed by atoms with Crippen LogP contribution >= 0.6 is 0 Å². The molecule has 1 radical (unpaired) electrons. The minimum Gasteiger partial charge on any atom is -0.412 e. The minimum absolute atomic E-state index is 0. The highest BCUT2D eigenvalue weighted by molar-refractivity contribution is 7.28. The van der Waals surface area contributed by atoms with Gasteiger partial charge in [0.1, 0.15) is 6.87 Å². The van der Waals surface area contributed by atoms with Gasteiger partial charge in [-0.3, -0.25) is 0 Å². The second kappa shape index (κ2) is 8.56. The molecule has 0 amide bonds. The second-order valence-electron chi connectivity index (χ2n) is 4.65. The Labute approximate surface area is 101 Å². The van der Waals surface area contributed by atoms with Gasteiger partial charge in [0.25, 0.3) is 0 Å². The first kappa shape index (κ1) is 17.8. The van der Waals surface area contributed by atoms with Crippen LogP contribution in [0.25, 0.3) is 0 Å². The third kappa shape index (κ3) is 6.82. The van der Waals surface area contributed by atoms with Crippen molar-refractivity contribution in [3.63, 3.8) is 0 Å². The van der Waals surface area contributed by atoms with Crippen molar-refractivity contribution >= 4 is 20.3 Å². The summed E-state index contributed by atoms with van der Waals surface area (Å²) in [7, 11) is -1.09. The molecule has 0 aliphatic heterocycles. The number of hydrogen-bond donors (Lipinski definition) is 0. The van der Waals surface area contributed by atoms with Crippen molar-refractivity contribution in [1.29, 1.82) is 0 Å². The average molecular weight is 239 g/mol. The molecule has 0 saturated carbocycles. The van der Waals surface area contributed by atoms with Crippen molar-refractivity contribution < 1.29 is 11.0 Å². The molecular formula is C12H24BO2Si. The van der Waals surface area contributed by atoms with Gasteiger partial charge in [0, 0.05) is 7.94 Å². The standard InChI is InChI=1S/C12H20BSi.2H2O/c1-4-5-11-14(2,3)13-12-9-7-6-8-10-12;;/h6-10H,4-5,11H2,1-3H3;2*1H2. The van der Waals surface area contributed by atoms with Crippen LogP contribution in [-0.4, -0.2) is 25.8 Å². The van der Waals surface area contributed by atoms with Gasteiger partial charge in [-0.15, -0.1) is 0 Å². The van der Waals surface area contributed by atoms with Crippen LogP contribution in [0, 0.1) is 0 Å². The van der Waals surface area contributed by atoms with E-state index in [-0.39, 0.29) is 11.0 Å². The fourth-order valence-corrected chi connectivity index (χ4v) is 4.21. The van der Waals surface area contributed by atoms with Gasteiger partial charge >= 0.3 is 0 Å². The van der Waals surface area contributed by atoms with E-state index >= 15 is 0 Å². The van der Waals surface area contributed by atoms with Crippen LogP contribution in [0.2, 0.25) is 19.1 Å². The molecule has 0 saturated heterocycles. The topological polar surface area (TPSA) is 63.0 Å². The lowest BCUT2D eigenvalue weighted by Crippen LogP contribution is -2.41. The third-order valence-electron chi connectivity index (χ3n) is 2.53. The molecule has 91 valence electrons. The van der Waals surface area contributed by atoms with Crippen LogP contribution in [0.1, 0.15) is 19.8 Å². The zero-order chi connectivity index (χ0) is 10.4. The first-order chi connectivity index (χ1) is 6.64. The molecule has 4 N–H and O–H groups in total. The molecule has 16 heavy (non-hydrogen) atoms. The van der Waals surface area contributed by atoms with Gasteiger partial charge in [-0.05, 0) is 0 Å². The summed E-state index contributed by atoms with van der Waals surface area (Å²) in [5, 5.41) is 0. The van der Waals surface area contributed by atoms with Gasteiger partial charge in [0.2, 0.25) is 0 Å². The lowest BCUT2D eigenvalue weighted by molar-refractivity contribution is 0.823. The van der Waals surface area contributed by atoms with Crippen molar-refractivity contribution in [2.24, 2.45) is 0 Å². The highest BCUT2D eigenvalue weighted by Crippen LogP contribution is 2.11. The van der Waals surface area contributed by atoms with Crippen LogP contribution in [0.3, 0.4) is 0 Å². The summed E-state index contributed by atoms with van der Waals surface area (Å²) < 4.78 is 0. The quantitative estimate of drug-likeness (QED) is 0.697. The first-order valence-corrected chi connectivity index (χ1v) is 8.83. The minimum atomic E-state index is -1.09. The molecule has 0 aliphatic rings. The van der Waals surface area contributed by atoms with Crippen LogP contribution < -0.4 is 5.46 Å². The summed E-state index contributed by atoms with van der Waals surface area (Å²) in [6.07, 6.45) is 2.70. The van der Waals surface area contributed by atoms with Gasteiger partial charge in [-0.1, -0.05) is 74.7 Å². The Bertz CT molecular complexity index is 265. The Hall–Kier alpha value is -0.578. The van der Waals surface area contributed by atoms with Crippen LogP contribution in [-0.2, 0) is 0 Å². The zero-order valence-electron chi connectivity index (χ0n) is 10.6. The maximum absolute atomic E-state index is 2.52. The molecule has 1 aromatic carbocycles. The van der Waals surface area contributed by atoms with Crippen LogP contribution in [0.5, 0.6) is 0 Å². The Morgan fingerprint density at radius 3 is 2.12 bits per heavy atom. The maximum Gasteiger partial charge on any atom is 0.144 e. The van der Waals surface area contributed by atoms with E-state index in [1.807, 2.05) is 0 Å². The summed E-state index contributed by atoms with van der Waals surface area (Å²) in [6, 6.07) is 12.2. The second-order valence-corrected chi connectivity index (χ2v) is 9.41. The zero-order valence-corrected chi connectivity index (χ0v) is 11.6. The van der Waals surface area contributed by atoms with E-state index in [1.54, 1.807) is 0 Å². The third-order valence-corrected chi connectivity index (χ3v) is 5.29. The van der Waals surface area contributed by atoms with E-state index in [9.17, 15) is 0 Å². The predicted octanol–water partition coefficient (Wildman–Crippen LogP) is 1.37. The van der Waals surface area contributed by atoms with Gasteiger partial charge < -0.3 is 11.0 Å². The molecule has 0 heterocycles. The van der Waals surface area contributed by atoms with E-state index in [0.717, 1.165) is 0 Å². The van der Waals surface area contributed by atoms with Gasteiger partial charge in [0.05, 0.1) is 0 Å². The molecule has 1 aromatic rings. The number of unbranched alkanes of at least 4 members (excludes halogenated alkanes) is 1. The highest BCUT2D eigenvalue weighted by Gasteiger charge is 2.20. The fraction of sp³-hybridized carbons (Fsp3) is 0.500. The normalized spacial score (nSPS) is 9.94. The SMILES string of the molecule is CCCC[Si](C)(C)[B]c1ccccc1.O.O. The predicted molar refractivity (Wildman–Crippen MR) is 76.3 cm³/mol. The molecular weight excluding hydrogens is 215 g/mol. The molecule has 0 aliphatic carbocycles. The molecule has 0 unspecified atom stereocenters. The number of rotatable bonds is 5. The molecule has 0 aromatic heterocycles. The largest absolute Gasteiger partial charge is 0.412 e. The molecule has 0 fully saturated rings. The van der Waals surface area contributed by atoms with Crippen LogP contribution in [0.4, 0.5) is 0 Å². The van der Waals surface area contributed by atoms with Crippen molar-refractivity contribution in [2.45, 2.75) is 38.9 Å².